The average molecular weight is 259 g/mol. The second kappa shape index (κ2) is 5.08. The minimum atomic E-state index is -0.425. The van der Waals surface area contributed by atoms with E-state index in [0.29, 0.717) is 6.42 Å². The molecular formula is C16H21NO2. The van der Waals surface area contributed by atoms with Gasteiger partial charge in [-0.2, -0.15) is 0 Å². The minimum Gasteiger partial charge on any atom is -0.460 e. The quantitative estimate of drug-likeness (QED) is 0.854. The summed E-state index contributed by atoms with van der Waals surface area (Å²) < 4.78 is 5.41. The number of nitrogens with one attached hydrogen (secondary N) is 1. The number of fused-ring (bicyclic) bond motifs is 1. The molecular weight excluding hydrogens is 238 g/mol. The molecule has 0 unspecified atom stereocenters. The van der Waals surface area contributed by atoms with Crippen LogP contribution in [0.15, 0.2) is 30.5 Å². The van der Waals surface area contributed by atoms with Crippen LogP contribution in [0.3, 0.4) is 0 Å². The Morgan fingerprint density at radius 1 is 1.32 bits per heavy atom. The van der Waals surface area contributed by atoms with Crippen LogP contribution in [0.5, 0.6) is 0 Å². The molecule has 0 bridgehead atoms. The highest BCUT2D eigenvalue weighted by molar-refractivity contribution is 5.84. The molecule has 1 heterocycles. The summed E-state index contributed by atoms with van der Waals surface area (Å²) in [5.74, 6) is -0.281. The van der Waals surface area contributed by atoms with Crippen molar-refractivity contribution in [2.45, 2.75) is 39.7 Å². The fourth-order valence-electron chi connectivity index (χ4n) is 2.12. The van der Waals surface area contributed by atoms with Crippen LogP contribution < -0.4 is 0 Å². The lowest BCUT2D eigenvalue weighted by Gasteiger charge is -2.22. The zero-order valence-electron chi connectivity index (χ0n) is 12.0. The molecule has 0 fully saturated rings. The van der Waals surface area contributed by atoms with Gasteiger partial charge >= 0.3 is 5.97 Å². The SMILES string of the molecule is C[C@@H](Cc1c[nH]c2ccccc12)C(=O)OC(C)(C)C. The Balaban J connectivity index is 2.10. The number of H-pyrrole nitrogens is 1. The van der Waals surface area contributed by atoms with Crippen LogP contribution in [0.1, 0.15) is 33.3 Å². The highest BCUT2D eigenvalue weighted by Gasteiger charge is 2.22. The van der Waals surface area contributed by atoms with Gasteiger partial charge in [0.15, 0.2) is 0 Å². The summed E-state index contributed by atoms with van der Waals surface area (Å²) in [5.41, 5.74) is 1.84. The molecule has 1 N–H and O–H groups in total. The predicted molar refractivity (Wildman–Crippen MR) is 77.0 cm³/mol. The standard InChI is InChI=1S/C16H21NO2/c1-11(15(18)19-16(2,3)4)9-12-10-17-14-8-6-5-7-13(12)14/h5-8,10-11,17H,9H2,1-4H3/t11-/m0/s1. The molecule has 0 aliphatic carbocycles. The molecule has 2 rings (SSSR count). The fourth-order valence-corrected chi connectivity index (χ4v) is 2.12. The molecule has 1 atom stereocenters. The number of carbonyl (C=O) groups is 1. The van der Waals surface area contributed by atoms with Crippen molar-refractivity contribution in [3.63, 3.8) is 0 Å². The van der Waals surface area contributed by atoms with Gasteiger partial charge in [-0.1, -0.05) is 25.1 Å². The lowest BCUT2D eigenvalue weighted by Crippen LogP contribution is -2.28. The normalized spacial score (nSPS) is 13.5. The zero-order chi connectivity index (χ0) is 14.0. The fraction of sp³-hybridized carbons (Fsp3) is 0.438. The first-order valence-electron chi connectivity index (χ1n) is 6.64. The number of ether oxygens (including phenoxy) is 1. The highest BCUT2D eigenvalue weighted by atomic mass is 16.6. The largest absolute Gasteiger partial charge is 0.460 e. The summed E-state index contributed by atoms with van der Waals surface area (Å²) in [4.78, 5) is 15.2. The molecule has 0 radical (unpaired) electrons. The van der Waals surface area contributed by atoms with Gasteiger partial charge in [0.2, 0.25) is 0 Å². The molecule has 19 heavy (non-hydrogen) atoms. The third-order valence-corrected chi connectivity index (χ3v) is 3.01. The number of aromatic amines is 1. The van der Waals surface area contributed by atoms with Gasteiger partial charge in [0, 0.05) is 17.1 Å². The summed E-state index contributed by atoms with van der Waals surface area (Å²) in [6, 6.07) is 8.12. The molecule has 1 aromatic heterocycles. The Morgan fingerprint density at radius 2 is 2.00 bits per heavy atom. The van der Waals surface area contributed by atoms with E-state index in [4.69, 9.17) is 4.74 Å². The summed E-state index contributed by atoms with van der Waals surface area (Å²) in [6.45, 7) is 7.59. The summed E-state index contributed by atoms with van der Waals surface area (Å²) in [7, 11) is 0. The van der Waals surface area contributed by atoms with E-state index in [9.17, 15) is 4.79 Å². The first-order chi connectivity index (χ1) is 8.87. The zero-order valence-corrected chi connectivity index (χ0v) is 12.0. The van der Waals surface area contributed by atoms with Gasteiger partial charge in [-0.3, -0.25) is 4.79 Å². The van der Waals surface area contributed by atoms with Gasteiger partial charge in [-0.05, 0) is 38.8 Å². The third-order valence-electron chi connectivity index (χ3n) is 3.01. The van der Waals surface area contributed by atoms with E-state index < -0.39 is 5.60 Å². The van der Waals surface area contributed by atoms with Gasteiger partial charge in [0.05, 0.1) is 5.92 Å². The Kier molecular flexibility index (Phi) is 3.65. The molecule has 0 saturated carbocycles. The second-order valence-electron chi connectivity index (χ2n) is 6.00. The first-order valence-corrected chi connectivity index (χ1v) is 6.64. The van der Waals surface area contributed by atoms with Gasteiger partial charge < -0.3 is 9.72 Å². The average Bonchev–Trinajstić information content (AvgIpc) is 2.70. The number of para-hydroxylation sites is 1. The number of rotatable bonds is 3. The van der Waals surface area contributed by atoms with Crippen molar-refractivity contribution in [2.75, 3.05) is 0 Å². The molecule has 0 aliphatic rings. The van der Waals surface area contributed by atoms with Crippen LogP contribution in [-0.2, 0) is 16.0 Å². The maximum Gasteiger partial charge on any atom is 0.309 e. The van der Waals surface area contributed by atoms with Crippen molar-refractivity contribution < 1.29 is 9.53 Å². The first kappa shape index (κ1) is 13.7. The maximum absolute atomic E-state index is 12.0. The number of benzene rings is 1. The van der Waals surface area contributed by atoms with Crippen molar-refractivity contribution in [1.29, 1.82) is 0 Å². The smallest absolute Gasteiger partial charge is 0.309 e. The number of esters is 1. The number of hydrogen-bond acceptors (Lipinski definition) is 2. The van der Waals surface area contributed by atoms with Gasteiger partial charge in [0.25, 0.3) is 0 Å². The lowest BCUT2D eigenvalue weighted by atomic mass is 10.0. The van der Waals surface area contributed by atoms with E-state index in [1.165, 1.54) is 5.39 Å². The van der Waals surface area contributed by atoms with E-state index >= 15 is 0 Å². The predicted octanol–water partition coefficient (Wildman–Crippen LogP) is 3.69. The number of carbonyl (C=O) groups excluding carboxylic acids is 1. The monoisotopic (exact) mass is 259 g/mol. The summed E-state index contributed by atoms with van der Waals surface area (Å²) in [6.07, 6.45) is 2.67. The maximum atomic E-state index is 12.0. The summed E-state index contributed by atoms with van der Waals surface area (Å²) >= 11 is 0. The summed E-state index contributed by atoms with van der Waals surface area (Å²) in [5, 5.41) is 1.18. The number of aromatic nitrogens is 1. The molecule has 1 aromatic carbocycles. The highest BCUT2D eigenvalue weighted by Crippen LogP contribution is 2.22. The van der Waals surface area contributed by atoms with E-state index in [2.05, 4.69) is 11.1 Å². The van der Waals surface area contributed by atoms with Crippen LogP contribution in [0.4, 0.5) is 0 Å². The van der Waals surface area contributed by atoms with Gasteiger partial charge in [-0.25, -0.2) is 0 Å². The minimum absolute atomic E-state index is 0.140. The lowest BCUT2D eigenvalue weighted by molar-refractivity contribution is -0.159. The van der Waals surface area contributed by atoms with Crippen molar-refractivity contribution in [1.82, 2.24) is 4.98 Å². The molecule has 0 aliphatic heterocycles. The van der Waals surface area contributed by atoms with Crippen LogP contribution in [0.2, 0.25) is 0 Å². The van der Waals surface area contributed by atoms with Crippen LogP contribution in [-0.4, -0.2) is 16.6 Å². The molecule has 2 aromatic rings. The molecule has 0 spiro atoms. The molecule has 0 saturated heterocycles. The molecule has 0 amide bonds. The van der Waals surface area contributed by atoms with E-state index in [-0.39, 0.29) is 11.9 Å². The topological polar surface area (TPSA) is 42.1 Å². The van der Waals surface area contributed by atoms with Crippen molar-refractivity contribution in [3.05, 3.63) is 36.0 Å². The molecule has 102 valence electrons. The van der Waals surface area contributed by atoms with Gasteiger partial charge in [-0.15, -0.1) is 0 Å². The van der Waals surface area contributed by atoms with Crippen molar-refractivity contribution >= 4 is 16.9 Å². The Morgan fingerprint density at radius 3 is 2.68 bits per heavy atom. The van der Waals surface area contributed by atoms with Crippen molar-refractivity contribution in [2.24, 2.45) is 5.92 Å². The van der Waals surface area contributed by atoms with E-state index in [0.717, 1.165) is 11.1 Å². The van der Waals surface area contributed by atoms with Crippen LogP contribution in [0.25, 0.3) is 10.9 Å². The third kappa shape index (κ3) is 3.37. The molecule has 3 nitrogen and oxygen atoms in total. The second-order valence-corrected chi connectivity index (χ2v) is 6.00. The van der Waals surface area contributed by atoms with Gasteiger partial charge in [0.1, 0.15) is 5.60 Å². The van der Waals surface area contributed by atoms with E-state index in [1.54, 1.807) is 0 Å². The van der Waals surface area contributed by atoms with Crippen LogP contribution >= 0.6 is 0 Å². The Labute approximate surface area is 114 Å². The Hall–Kier alpha value is -1.77. The Bertz CT molecular complexity index is 578. The number of hydrogen-bond donors (Lipinski definition) is 1. The van der Waals surface area contributed by atoms with Crippen LogP contribution in [0, 0.1) is 5.92 Å². The molecule has 3 heteroatoms. The van der Waals surface area contributed by atoms with Crippen molar-refractivity contribution in [3.8, 4) is 0 Å². The van der Waals surface area contributed by atoms with E-state index in [1.807, 2.05) is 52.1 Å².